The molecule has 0 amide bonds. The Kier molecular flexibility index (Phi) is 4.95. The molecule has 0 spiro atoms. The third-order valence-corrected chi connectivity index (χ3v) is 7.69. The Morgan fingerprint density at radius 1 is 1.12 bits per heavy atom. The highest BCUT2D eigenvalue weighted by Crippen LogP contribution is 2.39. The first-order valence-corrected chi connectivity index (χ1v) is 11.1. The normalized spacial score (nSPS) is 30.9. The van der Waals surface area contributed by atoms with Gasteiger partial charge in [0, 0.05) is 25.4 Å². The average Bonchev–Trinajstić information content (AvgIpc) is 3.16. The molecule has 1 unspecified atom stereocenters. The standard InChI is InChI=1S/C20H27N2S2/c1-21-7-9-23-19(21)13-15-3-5-17-6-4-16(12-18(17)11-15)14-20-22(2)8-10-24-20/h11-14,17H,3-10H2,1-2H3/q+1. The van der Waals surface area contributed by atoms with E-state index in [1.807, 2.05) is 23.5 Å². The Labute approximate surface area is 154 Å². The van der Waals surface area contributed by atoms with Crippen molar-refractivity contribution in [3.8, 4) is 0 Å². The summed E-state index contributed by atoms with van der Waals surface area (Å²) in [6, 6.07) is 0. The molecule has 2 aliphatic carbocycles. The van der Waals surface area contributed by atoms with Crippen molar-refractivity contribution in [2.45, 2.75) is 25.7 Å². The topological polar surface area (TPSA) is 6.25 Å². The fraction of sp³-hybridized carbons (Fsp3) is 0.550. The molecule has 2 heterocycles. The van der Waals surface area contributed by atoms with Crippen LogP contribution in [0.3, 0.4) is 0 Å². The predicted molar refractivity (Wildman–Crippen MR) is 108 cm³/mol. The van der Waals surface area contributed by atoms with Crippen LogP contribution in [-0.4, -0.2) is 53.2 Å². The Morgan fingerprint density at radius 3 is 2.75 bits per heavy atom. The maximum absolute atomic E-state index is 2.48. The van der Waals surface area contributed by atoms with Crippen LogP contribution in [0, 0.1) is 5.92 Å². The molecule has 1 fully saturated rings. The molecule has 0 saturated carbocycles. The summed E-state index contributed by atoms with van der Waals surface area (Å²) in [6.07, 6.45) is 15.0. The van der Waals surface area contributed by atoms with Gasteiger partial charge in [-0.3, -0.25) is 0 Å². The van der Waals surface area contributed by atoms with E-state index in [0.29, 0.717) is 0 Å². The zero-order valence-corrected chi connectivity index (χ0v) is 16.4. The van der Waals surface area contributed by atoms with E-state index in [4.69, 9.17) is 0 Å². The van der Waals surface area contributed by atoms with Gasteiger partial charge in [0.15, 0.2) is 6.54 Å². The smallest absolute Gasteiger partial charge is 0.235 e. The van der Waals surface area contributed by atoms with Crippen molar-refractivity contribution < 1.29 is 4.58 Å². The number of nitrogens with zero attached hydrogens (tertiary/aromatic N) is 2. The monoisotopic (exact) mass is 359 g/mol. The third-order valence-electron chi connectivity index (χ3n) is 5.46. The lowest BCUT2D eigenvalue weighted by Crippen LogP contribution is -2.15. The highest BCUT2D eigenvalue weighted by atomic mass is 32.2. The zero-order valence-electron chi connectivity index (χ0n) is 14.8. The summed E-state index contributed by atoms with van der Waals surface area (Å²) < 4.78 is 2.39. The lowest BCUT2D eigenvalue weighted by Gasteiger charge is -2.28. The lowest BCUT2D eigenvalue weighted by molar-refractivity contribution is -0.485. The number of thioether (sulfide) groups is 2. The van der Waals surface area contributed by atoms with Crippen LogP contribution in [0.1, 0.15) is 25.7 Å². The minimum absolute atomic E-state index is 0.789. The molecule has 4 heteroatoms. The fourth-order valence-electron chi connectivity index (χ4n) is 3.87. The summed E-state index contributed by atoms with van der Waals surface area (Å²) in [5.74, 6) is 3.26. The van der Waals surface area contributed by atoms with Crippen LogP contribution in [0.15, 0.2) is 46.1 Å². The van der Waals surface area contributed by atoms with Crippen LogP contribution in [0.25, 0.3) is 0 Å². The van der Waals surface area contributed by atoms with Gasteiger partial charge in [0.2, 0.25) is 5.04 Å². The van der Waals surface area contributed by atoms with Gasteiger partial charge in [0.05, 0.1) is 10.8 Å². The van der Waals surface area contributed by atoms with E-state index < -0.39 is 0 Å². The first-order valence-electron chi connectivity index (χ1n) is 9.08. The lowest BCUT2D eigenvalue weighted by atomic mass is 9.77. The van der Waals surface area contributed by atoms with E-state index in [-0.39, 0.29) is 0 Å². The molecular weight excluding hydrogens is 332 g/mol. The van der Waals surface area contributed by atoms with Crippen molar-refractivity contribution >= 4 is 28.6 Å². The van der Waals surface area contributed by atoms with Crippen LogP contribution in [0.2, 0.25) is 0 Å². The van der Waals surface area contributed by atoms with Crippen LogP contribution in [0.4, 0.5) is 0 Å². The Balaban J connectivity index is 1.58. The van der Waals surface area contributed by atoms with E-state index in [1.54, 1.807) is 5.57 Å². The highest BCUT2D eigenvalue weighted by Gasteiger charge is 2.25. The molecule has 0 N–H and O–H groups in total. The summed E-state index contributed by atoms with van der Waals surface area (Å²) in [5.41, 5.74) is 4.62. The molecule has 1 saturated heterocycles. The van der Waals surface area contributed by atoms with Crippen molar-refractivity contribution in [1.29, 1.82) is 0 Å². The van der Waals surface area contributed by atoms with Gasteiger partial charge in [0.25, 0.3) is 0 Å². The molecular formula is C20H27N2S2+. The van der Waals surface area contributed by atoms with Crippen LogP contribution in [0.5, 0.6) is 0 Å². The largest absolute Gasteiger partial charge is 0.369 e. The Bertz CT molecular complexity index is 682. The summed E-state index contributed by atoms with van der Waals surface area (Å²) in [4.78, 5) is 2.39. The first-order chi connectivity index (χ1) is 11.7. The maximum Gasteiger partial charge on any atom is 0.235 e. The zero-order chi connectivity index (χ0) is 16.5. The van der Waals surface area contributed by atoms with Gasteiger partial charge in [0.1, 0.15) is 7.05 Å². The average molecular weight is 360 g/mol. The Morgan fingerprint density at radius 2 is 2.00 bits per heavy atom. The van der Waals surface area contributed by atoms with Crippen LogP contribution in [-0.2, 0) is 0 Å². The number of hydrogen-bond acceptors (Lipinski definition) is 3. The minimum atomic E-state index is 0.789. The molecule has 24 heavy (non-hydrogen) atoms. The van der Waals surface area contributed by atoms with Gasteiger partial charge in [-0.25, -0.2) is 4.58 Å². The van der Waals surface area contributed by atoms with Crippen LogP contribution < -0.4 is 0 Å². The number of allylic oxidation sites excluding steroid dienone is 6. The molecule has 128 valence electrons. The van der Waals surface area contributed by atoms with Gasteiger partial charge in [-0.05, 0) is 54.4 Å². The van der Waals surface area contributed by atoms with Gasteiger partial charge in [-0.15, -0.1) is 11.8 Å². The Hall–Kier alpha value is -0.870. The number of hydrogen-bond donors (Lipinski definition) is 0. The minimum Gasteiger partial charge on any atom is -0.369 e. The number of rotatable bonds is 2. The van der Waals surface area contributed by atoms with Crippen molar-refractivity contribution in [3.05, 3.63) is 46.1 Å². The summed E-state index contributed by atoms with van der Waals surface area (Å²) in [7, 11) is 4.43. The van der Waals surface area contributed by atoms with E-state index in [1.165, 1.54) is 71.5 Å². The van der Waals surface area contributed by atoms with Gasteiger partial charge >= 0.3 is 0 Å². The van der Waals surface area contributed by atoms with Crippen molar-refractivity contribution in [1.82, 2.24) is 4.90 Å². The molecule has 2 nitrogen and oxygen atoms in total. The van der Waals surface area contributed by atoms with Gasteiger partial charge in [-0.1, -0.05) is 23.9 Å². The first kappa shape index (κ1) is 16.6. The summed E-state index contributed by atoms with van der Waals surface area (Å²) in [6.45, 7) is 2.37. The van der Waals surface area contributed by atoms with Crippen molar-refractivity contribution in [2.75, 3.05) is 38.7 Å². The van der Waals surface area contributed by atoms with E-state index >= 15 is 0 Å². The van der Waals surface area contributed by atoms with E-state index in [2.05, 4.69) is 47.9 Å². The van der Waals surface area contributed by atoms with Crippen molar-refractivity contribution in [2.24, 2.45) is 5.92 Å². The highest BCUT2D eigenvalue weighted by molar-refractivity contribution is 8.14. The van der Waals surface area contributed by atoms with Gasteiger partial charge in [-0.2, -0.15) is 0 Å². The molecule has 4 rings (SSSR count). The number of fused-ring (bicyclic) bond motifs is 1. The molecule has 0 bridgehead atoms. The van der Waals surface area contributed by atoms with Gasteiger partial charge < -0.3 is 4.90 Å². The van der Waals surface area contributed by atoms with E-state index in [0.717, 1.165) is 5.92 Å². The quantitative estimate of drug-likeness (QED) is 0.680. The van der Waals surface area contributed by atoms with E-state index in [9.17, 15) is 0 Å². The molecule has 0 aromatic rings. The maximum atomic E-state index is 2.48. The van der Waals surface area contributed by atoms with Crippen LogP contribution >= 0.6 is 23.5 Å². The predicted octanol–water partition coefficient (Wildman–Crippen LogP) is 4.28. The second-order valence-electron chi connectivity index (χ2n) is 7.22. The third kappa shape index (κ3) is 3.55. The fourth-order valence-corrected chi connectivity index (χ4v) is 6.11. The molecule has 0 aromatic heterocycles. The summed E-state index contributed by atoms with van der Waals surface area (Å²) in [5, 5.41) is 2.90. The molecule has 2 aliphatic heterocycles. The second kappa shape index (κ2) is 7.17. The SMILES string of the molecule is CN1CCS/C1=C\C1=CC2=C/C(=C/C3=[N+](C)CCS3)CCC2CC1. The molecule has 1 atom stereocenters. The molecule has 0 aromatic carbocycles. The molecule has 4 aliphatic rings. The molecule has 0 radical (unpaired) electrons. The second-order valence-corrected chi connectivity index (χ2v) is 9.45. The van der Waals surface area contributed by atoms with Crippen molar-refractivity contribution in [3.63, 3.8) is 0 Å². The summed E-state index contributed by atoms with van der Waals surface area (Å²) >= 11 is 4.00.